The molecule has 4 rings (SSSR count). The predicted octanol–water partition coefficient (Wildman–Crippen LogP) is 5.23. The molecule has 190 valence electrons. The lowest BCUT2D eigenvalue weighted by molar-refractivity contribution is 0.0549. The van der Waals surface area contributed by atoms with E-state index in [0.29, 0.717) is 34.9 Å². The van der Waals surface area contributed by atoms with E-state index in [0.717, 1.165) is 0 Å². The van der Waals surface area contributed by atoms with Crippen LogP contribution in [-0.4, -0.2) is 42.5 Å². The summed E-state index contributed by atoms with van der Waals surface area (Å²) in [5.41, 5.74) is 1.78. The van der Waals surface area contributed by atoms with Crippen LogP contribution in [0.4, 0.5) is 4.39 Å². The molecule has 8 nitrogen and oxygen atoms in total. The summed E-state index contributed by atoms with van der Waals surface area (Å²) in [6.07, 6.45) is 0. The summed E-state index contributed by atoms with van der Waals surface area (Å²) in [5, 5.41) is 4.60. The molecule has 0 amide bonds. The van der Waals surface area contributed by atoms with Gasteiger partial charge in [-0.1, -0.05) is 30.3 Å². The standard InChI is InChI=1S/C28H25FN2O6/c1-4-36-23-16-19(13-14-22(23)37-17-18-9-8-10-20(29)15-18)25-24(27(32)34-2)26(28(33)35-3)31(30-25)21-11-6-5-7-12-21/h5-16H,4,17H2,1-3H3. The third kappa shape index (κ3) is 5.45. The quantitative estimate of drug-likeness (QED) is 0.289. The van der Waals surface area contributed by atoms with E-state index in [1.54, 1.807) is 54.6 Å². The first kappa shape index (κ1) is 25.4. The normalized spacial score (nSPS) is 10.6. The Bertz CT molecular complexity index is 1420. The van der Waals surface area contributed by atoms with Crippen LogP contribution in [0.25, 0.3) is 16.9 Å². The molecule has 0 spiro atoms. The number of hydrogen-bond donors (Lipinski definition) is 0. The second-order valence-corrected chi connectivity index (χ2v) is 7.82. The number of rotatable bonds is 9. The number of benzene rings is 3. The van der Waals surface area contributed by atoms with Gasteiger partial charge in [-0.15, -0.1) is 0 Å². The van der Waals surface area contributed by atoms with Crippen molar-refractivity contribution in [2.24, 2.45) is 0 Å². The summed E-state index contributed by atoms with van der Waals surface area (Å²) >= 11 is 0. The lowest BCUT2D eigenvalue weighted by Crippen LogP contribution is -2.15. The van der Waals surface area contributed by atoms with E-state index in [4.69, 9.17) is 18.9 Å². The van der Waals surface area contributed by atoms with Gasteiger partial charge in [0.05, 0.1) is 26.5 Å². The monoisotopic (exact) mass is 504 g/mol. The van der Waals surface area contributed by atoms with Gasteiger partial charge in [0.25, 0.3) is 0 Å². The van der Waals surface area contributed by atoms with Crippen LogP contribution < -0.4 is 9.47 Å². The maximum Gasteiger partial charge on any atom is 0.357 e. The Morgan fingerprint density at radius 3 is 2.30 bits per heavy atom. The minimum absolute atomic E-state index is 0.0471. The Morgan fingerprint density at radius 2 is 1.62 bits per heavy atom. The number of methoxy groups -OCH3 is 2. The number of esters is 2. The lowest BCUT2D eigenvalue weighted by atomic mass is 10.0. The molecule has 0 bridgehead atoms. The number of hydrogen-bond acceptors (Lipinski definition) is 7. The van der Waals surface area contributed by atoms with Crippen molar-refractivity contribution in [1.29, 1.82) is 0 Å². The summed E-state index contributed by atoms with van der Waals surface area (Å²) in [7, 11) is 2.45. The SMILES string of the molecule is CCOc1cc(-c2nn(-c3ccccc3)c(C(=O)OC)c2C(=O)OC)ccc1OCc1cccc(F)c1. The van der Waals surface area contributed by atoms with Gasteiger partial charge in [-0.2, -0.15) is 5.10 Å². The summed E-state index contributed by atoms with van der Waals surface area (Å²) in [5.74, 6) is -1.04. The van der Waals surface area contributed by atoms with Crippen molar-refractivity contribution >= 4 is 11.9 Å². The third-order valence-electron chi connectivity index (χ3n) is 5.45. The smallest absolute Gasteiger partial charge is 0.357 e. The van der Waals surface area contributed by atoms with E-state index in [9.17, 15) is 14.0 Å². The predicted molar refractivity (Wildman–Crippen MR) is 134 cm³/mol. The van der Waals surface area contributed by atoms with Crippen molar-refractivity contribution in [2.45, 2.75) is 13.5 Å². The fraction of sp³-hybridized carbons (Fsp3) is 0.179. The van der Waals surface area contributed by atoms with Gasteiger partial charge in [-0.3, -0.25) is 0 Å². The molecule has 0 aliphatic carbocycles. The molecule has 0 radical (unpaired) electrons. The lowest BCUT2D eigenvalue weighted by Gasteiger charge is -2.13. The van der Waals surface area contributed by atoms with Gasteiger partial charge < -0.3 is 18.9 Å². The van der Waals surface area contributed by atoms with Gasteiger partial charge >= 0.3 is 11.9 Å². The minimum atomic E-state index is -0.748. The number of nitrogens with zero attached hydrogens (tertiary/aromatic N) is 2. The van der Waals surface area contributed by atoms with E-state index in [1.165, 1.54) is 31.0 Å². The van der Waals surface area contributed by atoms with Crippen molar-refractivity contribution < 1.29 is 32.9 Å². The van der Waals surface area contributed by atoms with Crippen LogP contribution in [0.15, 0.2) is 72.8 Å². The zero-order chi connectivity index (χ0) is 26.4. The van der Waals surface area contributed by atoms with Crippen molar-refractivity contribution in [3.05, 3.63) is 95.4 Å². The van der Waals surface area contributed by atoms with Crippen LogP contribution in [0, 0.1) is 5.82 Å². The Kier molecular flexibility index (Phi) is 7.83. The molecule has 3 aromatic carbocycles. The third-order valence-corrected chi connectivity index (χ3v) is 5.45. The number of carbonyl (C=O) groups excluding carboxylic acids is 2. The highest BCUT2D eigenvalue weighted by Crippen LogP contribution is 2.36. The molecular formula is C28H25FN2O6. The van der Waals surface area contributed by atoms with Crippen LogP contribution in [0.2, 0.25) is 0 Å². The van der Waals surface area contributed by atoms with Crippen molar-refractivity contribution in [3.63, 3.8) is 0 Å². The first-order valence-electron chi connectivity index (χ1n) is 11.5. The van der Waals surface area contributed by atoms with Crippen LogP contribution >= 0.6 is 0 Å². The fourth-order valence-corrected chi connectivity index (χ4v) is 3.79. The van der Waals surface area contributed by atoms with Crippen LogP contribution in [-0.2, 0) is 16.1 Å². The summed E-state index contributed by atoms with van der Waals surface area (Å²) in [4.78, 5) is 25.7. The molecule has 0 atom stereocenters. The van der Waals surface area contributed by atoms with E-state index in [2.05, 4.69) is 5.10 Å². The Hall–Kier alpha value is -4.66. The number of carbonyl (C=O) groups is 2. The molecule has 1 aromatic heterocycles. The fourth-order valence-electron chi connectivity index (χ4n) is 3.79. The Balaban J connectivity index is 1.82. The molecule has 0 aliphatic heterocycles. The first-order valence-corrected chi connectivity index (χ1v) is 11.5. The summed E-state index contributed by atoms with van der Waals surface area (Å²) < 4.78 is 36.5. The maximum absolute atomic E-state index is 13.5. The van der Waals surface area contributed by atoms with Gasteiger partial charge in [0.2, 0.25) is 0 Å². The molecular weight excluding hydrogens is 479 g/mol. The minimum Gasteiger partial charge on any atom is -0.490 e. The van der Waals surface area contributed by atoms with E-state index < -0.39 is 11.9 Å². The van der Waals surface area contributed by atoms with Crippen LogP contribution in [0.1, 0.15) is 33.3 Å². The topological polar surface area (TPSA) is 88.9 Å². The van der Waals surface area contributed by atoms with Crippen LogP contribution in [0.3, 0.4) is 0 Å². The molecule has 0 N–H and O–H groups in total. The molecule has 37 heavy (non-hydrogen) atoms. The Morgan fingerprint density at radius 1 is 0.865 bits per heavy atom. The molecule has 0 saturated heterocycles. The maximum atomic E-state index is 13.5. The van der Waals surface area contributed by atoms with Gasteiger partial charge in [0, 0.05) is 5.56 Å². The molecule has 0 unspecified atom stereocenters. The highest BCUT2D eigenvalue weighted by Gasteiger charge is 2.31. The van der Waals surface area contributed by atoms with Crippen molar-refractivity contribution in [1.82, 2.24) is 9.78 Å². The molecule has 0 fully saturated rings. The van der Waals surface area contributed by atoms with Crippen LogP contribution in [0.5, 0.6) is 11.5 Å². The second-order valence-electron chi connectivity index (χ2n) is 7.82. The number of halogens is 1. The number of aromatic nitrogens is 2. The highest BCUT2D eigenvalue weighted by molar-refractivity contribution is 6.06. The Labute approximate surface area is 213 Å². The van der Waals surface area contributed by atoms with Gasteiger partial charge in [0.1, 0.15) is 23.7 Å². The van der Waals surface area contributed by atoms with Crippen molar-refractivity contribution in [3.8, 4) is 28.4 Å². The van der Waals surface area contributed by atoms with E-state index in [-0.39, 0.29) is 29.4 Å². The second kappa shape index (κ2) is 11.4. The summed E-state index contributed by atoms with van der Waals surface area (Å²) in [6, 6.07) is 20.0. The molecule has 0 saturated carbocycles. The van der Waals surface area contributed by atoms with Gasteiger partial charge in [-0.05, 0) is 55.0 Å². The zero-order valence-corrected chi connectivity index (χ0v) is 20.6. The molecule has 0 aliphatic rings. The summed E-state index contributed by atoms with van der Waals surface area (Å²) in [6.45, 7) is 2.29. The van der Waals surface area contributed by atoms with Gasteiger partial charge in [0.15, 0.2) is 17.2 Å². The largest absolute Gasteiger partial charge is 0.490 e. The zero-order valence-electron chi connectivity index (χ0n) is 20.6. The average Bonchev–Trinajstić information content (AvgIpc) is 3.33. The molecule has 9 heteroatoms. The van der Waals surface area contributed by atoms with Gasteiger partial charge in [-0.25, -0.2) is 18.7 Å². The highest BCUT2D eigenvalue weighted by atomic mass is 19.1. The molecule has 4 aromatic rings. The number of ether oxygens (including phenoxy) is 4. The van der Waals surface area contributed by atoms with E-state index >= 15 is 0 Å². The van der Waals surface area contributed by atoms with E-state index in [1.807, 2.05) is 13.0 Å². The first-order chi connectivity index (χ1) is 18.0. The molecule has 1 heterocycles. The average molecular weight is 505 g/mol. The number of para-hydroxylation sites is 1. The van der Waals surface area contributed by atoms with Crippen molar-refractivity contribution in [2.75, 3.05) is 20.8 Å².